The van der Waals surface area contributed by atoms with Crippen LogP contribution in [0.25, 0.3) is 0 Å². The predicted octanol–water partition coefficient (Wildman–Crippen LogP) is 3.23. The minimum absolute atomic E-state index is 0.106. The molecule has 3 N–H and O–H groups in total. The third-order valence-electron chi connectivity index (χ3n) is 8.46. The van der Waals surface area contributed by atoms with E-state index in [1.54, 1.807) is 7.11 Å². The minimum Gasteiger partial charge on any atom is -0.317 e. The molecule has 4 aliphatic rings. The van der Waals surface area contributed by atoms with E-state index in [4.69, 9.17) is 9.68 Å². The second-order valence-corrected chi connectivity index (χ2v) is 9.84. The Morgan fingerprint density at radius 3 is 2.66 bits per heavy atom. The summed E-state index contributed by atoms with van der Waals surface area (Å²) in [6.45, 7) is 6.12. The van der Waals surface area contributed by atoms with E-state index in [-0.39, 0.29) is 10.8 Å². The van der Waals surface area contributed by atoms with Crippen molar-refractivity contribution < 1.29 is 14.5 Å². The number of fused-ring (bicyclic) bond motifs is 5. The molecule has 2 fully saturated rings. The normalized spacial score (nSPS) is 38.8. The summed E-state index contributed by atoms with van der Waals surface area (Å²) in [6.07, 6.45) is 9.38. The number of carbonyl (C=O) groups excluding carboxylic acids is 1. The van der Waals surface area contributed by atoms with Crippen LogP contribution < -0.4 is 16.3 Å². The highest BCUT2D eigenvalue weighted by molar-refractivity contribution is 5.87. The quantitative estimate of drug-likeness (QED) is 0.448. The van der Waals surface area contributed by atoms with Gasteiger partial charge in [-0.05, 0) is 80.4 Å². The largest absolute Gasteiger partial charge is 0.317 e. The molecule has 4 rings (SSSR count). The Bertz CT molecular complexity index is 718. The van der Waals surface area contributed by atoms with E-state index in [0.717, 1.165) is 57.2 Å². The van der Waals surface area contributed by atoms with Crippen LogP contribution in [0.4, 0.5) is 0 Å². The molecule has 0 bridgehead atoms. The maximum Gasteiger partial charge on any atom is 0.139 e. The van der Waals surface area contributed by atoms with Crippen LogP contribution in [0.5, 0.6) is 0 Å². The second kappa shape index (κ2) is 8.05. The third-order valence-corrected chi connectivity index (χ3v) is 8.46. The number of allylic oxidation sites excluding steroid dienone is 4. The standard InChI is InChI=1S/C23H37N3O3/c1-22-9-7-15(25-29-12-11-24-3)13-19(22)20(26-28-4)14-16-17-5-6-21(27)23(17,2)10-8-18(16)22/h13,16-18,24-26H,5-12,14H2,1-4H3/t16-,17-,18-,22+,23-/m0/s1. The zero-order chi connectivity index (χ0) is 20.6. The monoisotopic (exact) mass is 403 g/mol. The van der Waals surface area contributed by atoms with Crippen molar-refractivity contribution in [1.82, 2.24) is 16.3 Å². The van der Waals surface area contributed by atoms with E-state index >= 15 is 0 Å². The third kappa shape index (κ3) is 3.43. The van der Waals surface area contributed by atoms with Gasteiger partial charge in [0.05, 0.1) is 13.7 Å². The highest BCUT2D eigenvalue weighted by atomic mass is 16.6. The van der Waals surface area contributed by atoms with Crippen molar-refractivity contribution in [3.63, 3.8) is 0 Å². The fourth-order valence-corrected chi connectivity index (χ4v) is 6.83. The summed E-state index contributed by atoms with van der Waals surface area (Å²) in [7, 11) is 3.61. The predicted molar refractivity (Wildman–Crippen MR) is 112 cm³/mol. The molecule has 162 valence electrons. The zero-order valence-corrected chi connectivity index (χ0v) is 18.4. The summed E-state index contributed by atoms with van der Waals surface area (Å²) in [6, 6.07) is 0. The molecule has 4 aliphatic carbocycles. The van der Waals surface area contributed by atoms with Gasteiger partial charge in [-0.25, -0.2) is 0 Å². The lowest BCUT2D eigenvalue weighted by Crippen LogP contribution is -2.51. The van der Waals surface area contributed by atoms with Crippen LogP contribution in [0.3, 0.4) is 0 Å². The van der Waals surface area contributed by atoms with Crippen LogP contribution in [-0.2, 0) is 14.5 Å². The fraction of sp³-hybridized carbons (Fsp3) is 0.783. The molecular formula is C23H37N3O3. The molecule has 6 heteroatoms. The summed E-state index contributed by atoms with van der Waals surface area (Å²) < 4.78 is 0. The molecule has 29 heavy (non-hydrogen) atoms. The molecule has 6 nitrogen and oxygen atoms in total. The van der Waals surface area contributed by atoms with E-state index in [1.807, 2.05) is 7.05 Å². The van der Waals surface area contributed by atoms with Crippen molar-refractivity contribution >= 4 is 5.78 Å². The molecule has 0 spiro atoms. The average molecular weight is 404 g/mol. The molecular weight excluding hydrogens is 366 g/mol. The molecule has 0 aromatic heterocycles. The number of ketones is 1. The number of hydrogen-bond acceptors (Lipinski definition) is 6. The number of nitrogens with one attached hydrogen (secondary N) is 3. The van der Waals surface area contributed by atoms with Crippen molar-refractivity contribution in [3.8, 4) is 0 Å². The zero-order valence-electron chi connectivity index (χ0n) is 18.4. The molecule has 0 amide bonds. The molecule has 0 aromatic carbocycles. The summed E-state index contributed by atoms with van der Waals surface area (Å²) in [5.41, 5.74) is 10.1. The lowest BCUT2D eigenvalue weighted by atomic mass is 9.48. The lowest BCUT2D eigenvalue weighted by molar-refractivity contribution is -0.131. The first-order chi connectivity index (χ1) is 13.9. The van der Waals surface area contributed by atoms with Crippen LogP contribution >= 0.6 is 0 Å². The van der Waals surface area contributed by atoms with E-state index in [9.17, 15) is 4.79 Å². The van der Waals surface area contributed by atoms with Crippen LogP contribution in [0.15, 0.2) is 23.0 Å². The first kappa shape index (κ1) is 20.9. The Balaban J connectivity index is 1.63. The van der Waals surface area contributed by atoms with Crippen molar-refractivity contribution in [2.75, 3.05) is 27.3 Å². The van der Waals surface area contributed by atoms with Crippen molar-refractivity contribution in [1.29, 1.82) is 0 Å². The fourth-order valence-electron chi connectivity index (χ4n) is 6.83. The van der Waals surface area contributed by atoms with Gasteiger partial charge in [0.15, 0.2) is 0 Å². The van der Waals surface area contributed by atoms with Gasteiger partial charge >= 0.3 is 0 Å². The smallest absolute Gasteiger partial charge is 0.139 e. The van der Waals surface area contributed by atoms with Gasteiger partial charge in [-0.3, -0.25) is 25.4 Å². The van der Waals surface area contributed by atoms with Gasteiger partial charge in [0.2, 0.25) is 0 Å². The summed E-state index contributed by atoms with van der Waals surface area (Å²) in [5.74, 6) is 2.19. The van der Waals surface area contributed by atoms with Gasteiger partial charge in [0, 0.05) is 29.8 Å². The Morgan fingerprint density at radius 1 is 1.10 bits per heavy atom. The molecule has 0 aliphatic heterocycles. The molecule has 2 saturated carbocycles. The van der Waals surface area contributed by atoms with Gasteiger partial charge in [-0.1, -0.05) is 13.8 Å². The SMILES string of the molecule is CNCCONC1=CC2=C(NOC)C[C@@H]3[C@H](CC[C@]4(C)C(=O)CC[C@@H]34)[C@@]2(C)CC1. The topological polar surface area (TPSA) is 71.6 Å². The van der Waals surface area contributed by atoms with Crippen LogP contribution in [-0.4, -0.2) is 33.1 Å². The number of carbonyl (C=O) groups is 1. The van der Waals surface area contributed by atoms with E-state index in [0.29, 0.717) is 30.1 Å². The minimum atomic E-state index is -0.106. The average Bonchev–Trinajstić information content (AvgIpc) is 3.01. The lowest BCUT2D eigenvalue weighted by Gasteiger charge is -2.56. The Morgan fingerprint density at radius 2 is 1.90 bits per heavy atom. The van der Waals surface area contributed by atoms with Gasteiger partial charge < -0.3 is 5.32 Å². The maximum atomic E-state index is 12.7. The van der Waals surface area contributed by atoms with Gasteiger partial charge in [-0.15, -0.1) is 0 Å². The summed E-state index contributed by atoms with van der Waals surface area (Å²) >= 11 is 0. The van der Waals surface area contributed by atoms with E-state index < -0.39 is 0 Å². The van der Waals surface area contributed by atoms with E-state index in [2.05, 4.69) is 36.2 Å². The number of hydroxylamine groups is 2. The maximum absolute atomic E-state index is 12.7. The van der Waals surface area contributed by atoms with Crippen molar-refractivity contribution in [2.45, 2.75) is 58.8 Å². The number of likely N-dealkylation sites (N-methyl/N-ethyl adjacent to an activating group) is 1. The molecule has 0 radical (unpaired) electrons. The van der Waals surface area contributed by atoms with Crippen LogP contribution in [0, 0.1) is 28.6 Å². The molecule has 0 heterocycles. The van der Waals surface area contributed by atoms with Crippen molar-refractivity contribution in [2.24, 2.45) is 28.6 Å². The summed E-state index contributed by atoms with van der Waals surface area (Å²) in [5, 5.41) is 3.09. The Hall–Kier alpha value is -1.37. The number of Topliss-reactive ketones (excluding diaryl/α,β-unsaturated/α-hetero) is 1. The van der Waals surface area contributed by atoms with E-state index in [1.165, 1.54) is 11.3 Å². The highest BCUT2D eigenvalue weighted by Gasteiger charge is 2.59. The van der Waals surface area contributed by atoms with Crippen LogP contribution in [0.1, 0.15) is 58.8 Å². The first-order valence-electron chi connectivity index (χ1n) is 11.2. The van der Waals surface area contributed by atoms with Crippen LogP contribution in [0.2, 0.25) is 0 Å². The van der Waals surface area contributed by atoms with Gasteiger partial charge in [0.25, 0.3) is 0 Å². The molecule has 0 aromatic rings. The first-order valence-corrected chi connectivity index (χ1v) is 11.2. The van der Waals surface area contributed by atoms with Gasteiger partial charge in [0.1, 0.15) is 5.78 Å². The second-order valence-electron chi connectivity index (χ2n) is 9.84. The van der Waals surface area contributed by atoms with Gasteiger partial charge in [-0.2, -0.15) is 0 Å². The Labute approximate surface area is 174 Å². The van der Waals surface area contributed by atoms with Crippen molar-refractivity contribution in [3.05, 3.63) is 23.0 Å². The number of rotatable bonds is 7. The molecule has 0 unspecified atom stereocenters. The number of hydrogen-bond donors (Lipinski definition) is 3. The highest BCUT2D eigenvalue weighted by Crippen LogP contribution is 2.64. The molecule has 5 atom stereocenters. The Kier molecular flexibility index (Phi) is 5.79. The summed E-state index contributed by atoms with van der Waals surface area (Å²) in [4.78, 5) is 23.7. The molecule has 0 saturated heterocycles.